The first-order chi connectivity index (χ1) is 10.6. The van der Waals surface area contributed by atoms with E-state index in [1.807, 2.05) is 0 Å². The number of carboxylic acid groups (broad SMARTS) is 1. The molecule has 0 aliphatic heterocycles. The Morgan fingerprint density at radius 2 is 2.09 bits per heavy atom. The summed E-state index contributed by atoms with van der Waals surface area (Å²) < 4.78 is 39.2. The van der Waals surface area contributed by atoms with Crippen LogP contribution in [0.5, 0.6) is 0 Å². The molecular formula is C12H11F3N4O3S. The van der Waals surface area contributed by atoms with Gasteiger partial charge in [-0.2, -0.15) is 13.2 Å². The van der Waals surface area contributed by atoms with E-state index in [0.717, 1.165) is 18.4 Å². The van der Waals surface area contributed by atoms with Gasteiger partial charge in [0, 0.05) is 11.9 Å². The van der Waals surface area contributed by atoms with Gasteiger partial charge in [-0.3, -0.25) is 4.79 Å². The molecule has 11 heteroatoms. The minimum absolute atomic E-state index is 0.0249. The third-order valence-corrected chi connectivity index (χ3v) is 3.99. The van der Waals surface area contributed by atoms with Crippen molar-refractivity contribution in [3.63, 3.8) is 0 Å². The van der Waals surface area contributed by atoms with Crippen LogP contribution < -0.4 is 5.32 Å². The van der Waals surface area contributed by atoms with Gasteiger partial charge in [-0.25, -0.2) is 9.48 Å². The van der Waals surface area contributed by atoms with E-state index in [4.69, 9.17) is 5.11 Å². The quantitative estimate of drug-likeness (QED) is 0.879. The topological polar surface area (TPSA) is 97.1 Å². The lowest BCUT2D eigenvalue weighted by molar-refractivity contribution is -0.144. The van der Waals surface area contributed by atoms with E-state index < -0.39 is 36.0 Å². The SMILES string of the molecule is Cc1sc(C(=O)O)cc1C(=O)NCc1nnn(C)c1C(F)(F)F. The summed E-state index contributed by atoms with van der Waals surface area (Å²) in [5.74, 6) is -1.85. The molecule has 0 fully saturated rings. The van der Waals surface area contributed by atoms with E-state index in [0.29, 0.717) is 9.56 Å². The maximum Gasteiger partial charge on any atom is 0.434 e. The number of aromatic nitrogens is 3. The van der Waals surface area contributed by atoms with Crippen molar-refractivity contribution in [3.05, 3.63) is 32.8 Å². The summed E-state index contributed by atoms with van der Waals surface area (Å²) in [7, 11) is 1.10. The number of nitrogens with zero attached hydrogens (tertiary/aromatic N) is 3. The Bertz CT molecular complexity index is 766. The molecule has 2 rings (SSSR count). The number of alkyl halides is 3. The van der Waals surface area contributed by atoms with Crippen LogP contribution in [0.1, 0.15) is 36.3 Å². The number of carbonyl (C=O) groups excluding carboxylic acids is 1. The highest BCUT2D eigenvalue weighted by molar-refractivity contribution is 7.14. The van der Waals surface area contributed by atoms with E-state index in [9.17, 15) is 22.8 Å². The van der Waals surface area contributed by atoms with Gasteiger partial charge in [-0.15, -0.1) is 16.4 Å². The molecule has 2 aromatic rings. The molecule has 1 amide bonds. The lowest BCUT2D eigenvalue weighted by Crippen LogP contribution is -2.25. The Hall–Kier alpha value is -2.43. The van der Waals surface area contributed by atoms with Gasteiger partial charge in [0.1, 0.15) is 10.6 Å². The second kappa shape index (κ2) is 5.99. The number of amides is 1. The van der Waals surface area contributed by atoms with Gasteiger partial charge >= 0.3 is 12.1 Å². The number of halogens is 3. The van der Waals surface area contributed by atoms with Crippen molar-refractivity contribution in [2.45, 2.75) is 19.6 Å². The molecule has 0 radical (unpaired) electrons. The monoisotopic (exact) mass is 348 g/mol. The average molecular weight is 348 g/mol. The highest BCUT2D eigenvalue weighted by Gasteiger charge is 2.38. The van der Waals surface area contributed by atoms with Gasteiger partial charge in [0.2, 0.25) is 0 Å². The lowest BCUT2D eigenvalue weighted by atomic mass is 10.2. The fraction of sp³-hybridized carbons (Fsp3) is 0.333. The zero-order valence-electron chi connectivity index (χ0n) is 11.9. The number of carboxylic acids is 1. The number of hydrogen-bond acceptors (Lipinski definition) is 5. The van der Waals surface area contributed by atoms with Gasteiger partial charge in [-0.1, -0.05) is 5.21 Å². The normalized spacial score (nSPS) is 11.5. The van der Waals surface area contributed by atoms with Gasteiger partial charge in [0.15, 0.2) is 5.69 Å². The van der Waals surface area contributed by atoms with Crippen LogP contribution in [0, 0.1) is 6.92 Å². The maximum absolute atomic E-state index is 12.9. The average Bonchev–Trinajstić information content (AvgIpc) is 2.98. The number of hydrogen-bond donors (Lipinski definition) is 2. The number of nitrogens with one attached hydrogen (secondary N) is 1. The summed E-state index contributed by atoms with van der Waals surface area (Å²) in [6, 6.07) is 1.18. The van der Waals surface area contributed by atoms with Crippen LogP contribution in [0.25, 0.3) is 0 Å². The fourth-order valence-corrected chi connectivity index (χ4v) is 2.79. The number of carbonyl (C=O) groups is 2. The molecule has 7 nitrogen and oxygen atoms in total. The summed E-state index contributed by atoms with van der Waals surface area (Å²) in [6.07, 6.45) is -4.65. The van der Waals surface area contributed by atoms with Crippen LogP contribution in [-0.2, 0) is 19.8 Å². The predicted octanol–water partition coefficient (Wildman–Crippen LogP) is 1.83. The van der Waals surface area contributed by atoms with Gasteiger partial charge in [-0.05, 0) is 13.0 Å². The van der Waals surface area contributed by atoms with Crippen LogP contribution >= 0.6 is 11.3 Å². The van der Waals surface area contributed by atoms with Gasteiger partial charge in [0.05, 0.1) is 12.1 Å². The molecular weight excluding hydrogens is 337 g/mol. The zero-order valence-corrected chi connectivity index (χ0v) is 12.7. The highest BCUT2D eigenvalue weighted by atomic mass is 32.1. The number of thiophene rings is 1. The number of rotatable bonds is 4. The summed E-state index contributed by atoms with van der Waals surface area (Å²) in [5, 5.41) is 17.9. The summed E-state index contributed by atoms with van der Waals surface area (Å²) in [4.78, 5) is 23.3. The van der Waals surface area contributed by atoms with Crippen LogP contribution in [0.4, 0.5) is 13.2 Å². The molecule has 23 heavy (non-hydrogen) atoms. The molecule has 0 saturated carbocycles. The maximum atomic E-state index is 12.9. The molecule has 0 unspecified atom stereocenters. The number of aromatic carboxylic acids is 1. The third-order valence-electron chi connectivity index (χ3n) is 2.95. The zero-order chi connectivity index (χ0) is 17.4. The Morgan fingerprint density at radius 1 is 1.43 bits per heavy atom. The predicted molar refractivity (Wildman–Crippen MR) is 73.2 cm³/mol. The molecule has 2 aromatic heterocycles. The van der Waals surface area contributed by atoms with Crippen molar-refractivity contribution >= 4 is 23.2 Å². The Labute approximate surface area is 131 Å². The molecule has 2 N–H and O–H groups in total. The summed E-state index contributed by atoms with van der Waals surface area (Å²) >= 11 is 0.912. The summed E-state index contributed by atoms with van der Waals surface area (Å²) in [5.41, 5.74) is -1.37. The Balaban J connectivity index is 2.16. The van der Waals surface area contributed by atoms with Crippen molar-refractivity contribution in [3.8, 4) is 0 Å². The molecule has 0 bridgehead atoms. The first kappa shape index (κ1) is 16.9. The summed E-state index contributed by atoms with van der Waals surface area (Å²) in [6.45, 7) is 1.08. The van der Waals surface area contributed by atoms with E-state index in [1.165, 1.54) is 6.07 Å². The largest absolute Gasteiger partial charge is 0.477 e. The van der Waals surface area contributed by atoms with Gasteiger partial charge < -0.3 is 10.4 Å². The first-order valence-electron chi connectivity index (χ1n) is 6.19. The highest BCUT2D eigenvalue weighted by Crippen LogP contribution is 2.30. The Morgan fingerprint density at radius 3 is 2.61 bits per heavy atom. The third kappa shape index (κ3) is 3.50. The van der Waals surface area contributed by atoms with E-state index in [2.05, 4.69) is 15.6 Å². The van der Waals surface area contributed by atoms with Crippen molar-refractivity contribution < 1.29 is 27.9 Å². The Kier molecular flexibility index (Phi) is 4.41. The van der Waals surface area contributed by atoms with Gasteiger partial charge in [0.25, 0.3) is 5.91 Å². The fourth-order valence-electron chi connectivity index (χ4n) is 1.94. The first-order valence-corrected chi connectivity index (χ1v) is 7.00. The molecule has 0 aliphatic carbocycles. The van der Waals surface area contributed by atoms with Crippen LogP contribution in [0.2, 0.25) is 0 Å². The van der Waals surface area contributed by atoms with E-state index in [-0.39, 0.29) is 10.4 Å². The standard InChI is InChI=1S/C12H11F3N4O3S/c1-5-6(3-8(23-5)11(21)22)10(20)16-4-7-9(12(13,14)15)19(2)18-17-7/h3H,4H2,1-2H3,(H,16,20)(H,21,22). The molecule has 0 aliphatic rings. The van der Waals surface area contributed by atoms with Crippen LogP contribution in [0.3, 0.4) is 0 Å². The lowest BCUT2D eigenvalue weighted by Gasteiger charge is -2.09. The van der Waals surface area contributed by atoms with E-state index in [1.54, 1.807) is 6.92 Å². The molecule has 0 spiro atoms. The van der Waals surface area contributed by atoms with Crippen LogP contribution in [-0.4, -0.2) is 32.0 Å². The molecule has 2 heterocycles. The second-order valence-corrected chi connectivity index (χ2v) is 5.83. The van der Waals surface area contributed by atoms with E-state index >= 15 is 0 Å². The van der Waals surface area contributed by atoms with Crippen LogP contribution in [0.15, 0.2) is 6.07 Å². The molecule has 0 saturated heterocycles. The molecule has 0 aromatic carbocycles. The molecule has 124 valence electrons. The van der Waals surface area contributed by atoms with Crippen molar-refractivity contribution in [2.24, 2.45) is 7.05 Å². The number of aryl methyl sites for hydroxylation is 2. The van der Waals surface area contributed by atoms with Crippen molar-refractivity contribution in [1.29, 1.82) is 0 Å². The second-order valence-electron chi connectivity index (χ2n) is 4.57. The minimum atomic E-state index is -4.65. The smallest absolute Gasteiger partial charge is 0.434 e. The minimum Gasteiger partial charge on any atom is -0.477 e. The van der Waals surface area contributed by atoms with Crippen molar-refractivity contribution in [1.82, 2.24) is 20.3 Å². The van der Waals surface area contributed by atoms with Crippen molar-refractivity contribution in [2.75, 3.05) is 0 Å². The molecule has 0 atom stereocenters.